The van der Waals surface area contributed by atoms with E-state index in [1.54, 1.807) is 3.96 Å². The minimum absolute atomic E-state index is 0.0322. The van der Waals surface area contributed by atoms with E-state index in [0.29, 0.717) is 6.54 Å². The zero-order chi connectivity index (χ0) is 12.5. The van der Waals surface area contributed by atoms with Crippen molar-refractivity contribution in [1.82, 2.24) is 3.96 Å². The second kappa shape index (κ2) is 4.40. The van der Waals surface area contributed by atoms with E-state index in [-0.39, 0.29) is 5.56 Å². The van der Waals surface area contributed by atoms with E-state index in [9.17, 15) is 4.79 Å². The third kappa shape index (κ3) is 1.75. The predicted octanol–water partition coefficient (Wildman–Crippen LogP) is 2.51. The summed E-state index contributed by atoms with van der Waals surface area (Å²) in [5.41, 5.74) is 7.56. The first kappa shape index (κ1) is 11.2. The Morgan fingerprint density at radius 3 is 2.72 bits per heavy atom. The van der Waals surface area contributed by atoms with Crippen LogP contribution in [0.25, 0.3) is 15.8 Å². The molecule has 0 aliphatic heterocycles. The zero-order valence-corrected chi connectivity index (χ0v) is 10.5. The van der Waals surface area contributed by atoms with Crippen molar-refractivity contribution in [3.63, 3.8) is 0 Å². The summed E-state index contributed by atoms with van der Waals surface area (Å²) in [5, 5.41) is 0.764. The maximum Gasteiger partial charge on any atom is 0.273 e. The molecule has 90 valence electrons. The van der Waals surface area contributed by atoms with E-state index in [1.807, 2.05) is 48.5 Å². The van der Waals surface area contributed by atoms with Crippen molar-refractivity contribution in [3.8, 4) is 5.69 Å². The summed E-state index contributed by atoms with van der Waals surface area (Å²) >= 11 is 1.46. The van der Waals surface area contributed by atoms with Crippen LogP contribution in [0.1, 0.15) is 5.56 Å². The standard InChI is InChI=1S/C14H12N2OS/c15-9-10-4-3-5-11(8-10)16-14(17)12-6-1-2-7-13(12)18-16/h1-8H,9,15H2. The summed E-state index contributed by atoms with van der Waals surface area (Å²) in [6, 6.07) is 15.4. The van der Waals surface area contributed by atoms with Crippen LogP contribution in [0.4, 0.5) is 0 Å². The normalized spacial score (nSPS) is 10.9. The van der Waals surface area contributed by atoms with Crippen LogP contribution in [0.5, 0.6) is 0 Å². The Hall–Kier alpha value is -1.91. The Bertz CT molecular complexity index is 758. The molecule has 1 aromatic heterocycles. The number of rotatable bonds is 2. The molecular formula is C14H12N2OS. The second-order valence-electron chi connectivity index (χ2n) is 4.06. The molecule has 18 heavy (non-hydrogen) atoms. The fraction of sp³-hybridized carbons (Fsp3) is 0.0714. The van der Waals surface area contributed by atoms with Gasteiger partial charge in [-0.15, -0.1) is 0 Å². The fourth-order valence-corrected chi connectivity index (χ4v) is 2.94. The Kier molecular flexibility index (Phi) is 2.74. The minimum atomic E-state index is 0.0322. The second-order valence-corrected chi connectivity index (χ2v) is 5.05. The lowest BCUT2D eigenvalue weighted by Gasteiger charge is -2.02. The van der Waals surface area contributed by atoms with Gasteiger partial charge in [-0.3, -0.25) is 4.79 Å². The largest absolute Gasteiger partial charge is 0.326 e. The number of benzene rings is 2. The van der Waals surface area contributed by atoms with Gasteiger partial charge in [-0.05, 0) is 29.8 Å². The van der Waals surface area contributed by atoms with Crippen LogP contribution in [0.2, 0.25) is 0 Å². The van der Waals surface area contributed by atoms with Gasteiger partial charge >= 0.3 is 0 Å². The third-order valence-corrected chi connectivity index (χ3v) is 3.98. The molecule has 0 aliphatic carbocycles. The summed E-state index contributed by atoms with van der Waals surface area (Å²) in [7, 11) is 0. The van der Waals surface area contributed by atoms with Gasteiger partial charge in [0.05, 0.1) is 15.8 Å². The molecule has 0 fully saturated rings. The fourth-order valence-electron chi connectivity index (χ4n) is 1.95. The van der Waals surface area contributed by atoms with Crippen LogP contribution >= 0.6 is 11.5 Å². The number of hydrogen-bond donors (Lipinski definition) is 1. The number of aromatic nitrogens is 1. The molecule has 3 aromatic rings. The average Bonchev–Trinajstić information content (AvgIpc) is 2.77. The first-order valence-electron chi connectivity index (χ1n) is 5.70. The van der Waals surface area contributed by atoms with Crippen molar-refractivity contribution in [2.75, 3.05) is 0 Å². The lowest BCUT2D eigenvalue weighted by atomic mass is 10.2. The van der Waals surface area contributed by atoms with Gasteiger partial charge in [0, 0.05) is 6.54 Å². The Balaban J connectivity index is 2.25. The molecule has 0 unspecified atom stereocenters. The molecule has 0 spiro atoms. The number of fused-ring (bicyclic) bond motifs is 1. The highest BCUT2D eigenvalue weighted by Gasteiger charge is 2.08. The van der Waals surface area contributed by atoms with Crippen LogP contribution < -0.4 is 11.3 Å². The third-order valence-electron chi connectivity index (χ3n) is 2.87. The summed E-state index contributed by atoms with van der Waals surface area (Å²) < 4.78 is 2.71. The van der Waals surface area contributed by atoms with Gasteiger partial charge in [0.15, 0.2) is 0 Å². The number of hydrogen-bond acceptors (Lipinski definition) is 3. The smallest absolute Gasteiger partial charge is 0.273 e. The highest BCUT2D eigenvalue weighted by molar-refractivity contribution is 7.14. The molecule has 2 aromatic carbocycles. The first-order chi connectivity index (χ1) is 8.79. The van der Waals surface area contributed by atoms with E-state index in [4.69, 9.17) is 5.73 Å². The molecule has 0 saturated carbocycles. The Morgan fingerprint density at radius 2 is 1.94 bits per heavy atom. The molecule has 0 atom stereocenters. The van der Waals surface area contributed by atoms with Crippen molar-refractivity contribution < 1.29 is 0 Å². The van der Waals surface area contributed by atoms with Gasteiger partial charge < -0.3 is 5.73 Å². The Labute approximate surface area is 108 Å². The van der Waals surface area contributed by atoms with Crippen molar-refractivity contribution >= 4 is 21.6 Å². The van der Waals surface area contributed by atoms with Gasteiger partial charge in [0.1, 0.15) is 0 Å². The van der Waals surface area contributed by atoms with Crippen molar-refractivity contribution in [1.29, 1.82) is 0 Å². The van der Waals surface area contributed by atoms with Crippen LogP contribution in [0.3, 0.4) is 0 Å². The van der Waals surface area contributed by atoms with Gasteiger partial charge in [0.25, 0.3) is 5.56 Å². The molecule has 4 heteroatoms. The van der Waals surface area contributed by atoms with Gasteiger partial charge in [-0.2, -0.15) is 0 Å². The topological polar surface area (TPSA) is 48.0 Å². The summed E-state index contributed by atoms with van der Waals surface area (Å²) in [6.45, 7) is 0.480. The number of nitrogens with two attached hydrogens (primary N) is 1. The molecule has 1 heterocycles. The van der Waals surface area contributed by atoms with E-state index >= 15 is 0 Å². The summed E-state index contributed by atoms with van der Waals surface area (Å²) in [6.07, 6.45) is 0. The summed E-state index contributed by atoms with van der Waals surface area (Å²) in [5.74, 6) is 0. The average molecular weight is 256 g/mol. The predicted molar refractivity (Wildman–Crippen MR) is 75.3 cm³/mol. The van der Waals surface area contributed by atoms with E-state index in [0.717, 1.165) is 21.3 Å². The van der Waals surface area contributed by atoms with E-state index < -0.39 is 0 Å². The monoisotopic (exact) mass is 256 g/mol. The Morgan fingerprint density at radius 1 is 1.11 bits per heavy atom. The van der Waals surface area contributed by atoms with Gasteiger partial charge in [-0.25, -0.2) is 3.96 Å². The SMILES string of the molecule is NCc1cccc(-n2sc3ccccc3c2=O)c1. The number of nitrogens with zero attached hydrogens (tertiary/aromatic N) is 1. The van der Waals surface area contributed by atoms with E-state index in [2.05, 4.69) is 0 Å². The lowest BCUT2D eigenvalue weighted by molar-refractivity contribution is 1.05. The first-order valence-corrected chi connectivity index (χ1v) is 6.47. The summed E-state index contributed by atoms with van der Waals surface area (Å²) in [4.78, 5) is 12.3. The van der Waals surface area contributed by atoms with Crippen molar-refractivity contribution in [3.05, 3.63) is 64.4 Å². The van der Waals surface area contributed by atoms with Crippen LogP contribution in [0.15, 0.2) is 53.3 Å². The minimum Gasteiger partial charge on any atom is -0.326 e. The highest BCUT2D eigenvalue weighted by Crippen LogP contribution is 2.20. The molecule has 0 bridgehead atoms. The quantitative estimate of drug-likeness (QED) is 0.766. The zero-order valence-electron chi connectivity index (χ0n) is 9.67. The molecule has 3 rings (SSSR count). The van der Waals surface area contributed by atoms with E-state index in [1.165, 1.54) is 11.5 Å². The van der Waals surface area contributed by atoms with Gasteiger partial charge in [0.2, 0.25) is 0 Å². The van der Waals surface area contributed by atoms with Gasteiger partial charge in [-0.1, -0.05) is 35.8 Å². The lowest BCUT2D eigenvalue weighted by Crippen LogP contribution is -2.11. The van der Waals surface area contributed by atoms with Crippen molar-refractivity contribution in [2.45, 2.75) is 6.54 Å². The maximum absolute atomic E-state index is 12.3. The molecule has 0 radical (unpaired) electrons. The molecule has 0 amide bonds. The van der Waals surface area contributed by atoms with Crippen molar-refractivity contribution in [2.24, 2.45) is 5.73 Å². The van der Waals surface area contributed by atoms with Crippen LogP contribution in [-0.4, -0.2) is 3.96 Å². The maximum atomic E-state index is 12.3. The molecule has 3 nitrogen and oxygen atoms in total. The highest BCUT2D eigenvalue weighted by atomic mass is 32.1. The van der Waals surface area contributed by atoms with Crippen LogP contribution in [-0.2, 0) is 6.54 Å². The van der Waals surface area contributed by atoms with Crippen LogP contribution in [0, 0.1) is 0 Å². The molecule has 0 saturated heterocycles. The molecule has 0 aliphatic rings. The molecular weight excluding hydrogens is 244 g/mol. The molecule has 2 N–H and O–H groups in total.